The first-order chi connectivity index (χ1) is 6.24. The fraction of sp³-hybridized carbons (Fsp3) is 0.125. The summed E-state index contributed by atoms with van der Waals surface area (Å²) in [6, 6.07) is 2.83. The summed E-state index contributed by atoms with van der Waals surface area (Å²) in [7, 11) is 1.63. The zero-order chi connectivity index (χ0) is 9.68. The third kappa shape index (κ3) is 2.55. The van der Waals surface area contributed by atoms with Crippen molar-refractivity contribution in [1.82, 2.24) is 0 Å². The number of furan rings is 1. The zero-order valence-corrected chi connectivity index (χ0v) is 7.01. The number of hydrogen-bond acceptors (Lipinski definition) is 4. The van der Waals surface area contributed by atoms with Gasteiger partial charge in [-0.1, -0.05) is 0 Å². The van der Waals surface area contributed by atoms with Crippen LogP contribution in [0.2, 0.25) is 0 Å². The minimum atomic E-state index is -0.578. The van der Waals surface area contributed by atoms with Gasteiger partial charge in [0, 0.05) is 13.3 Å². The van der Waals surface area contributed by atoms with E-state index in [-0.39, 0.29) is 5.88 Å². The Morgan fingerprint density at radius 2 is 2.38 bits per heavy atom. The van der Waals surface area contributed by atoms with Crippen molar-refractivity contribution in [1.29, 1.82) is 0 Å². The molecule has 68 valence electrons. The van der Waals surface area contributed by atoms with Crippen LogP contribution in [-0.4, -0.2) is 18.2 Å². The van der Waals surface area contributed by atoms with Crippen LogP contribution in [0.3, 0.4) is 0 Å². The molecular formula is C8H8N2O3. The molecule has 0 N–H and O–H groups in total. The molecule has 0 amide bonds. The van der Waals surface area contributed by atoms with E-state index >= 15 is 0 Å². The Hall–Kier alpha value is -1.91. The predicted molar refractivity (Wildman–Crippen MR) is 48.8 cm³/mol. The van der Waals surface area contributed by atoms with Crippen molar-refractivity contribution in [2.45, 2.75) is 0 Å². The summed E-state index contributed by atoms with van der Waals surface area (Å²) < 4.78 is 4.84. The monoisotopic (exact) mass is 180 g/mol. The van der Waals surface area contributed by atoms with Gasteiger partial charge in [0.05, 0.1) is 6.07 Å². The first-order valence-corrected chi connectivity index (χ1v) is 3.57. The molecule has 0 fully saturated rings. The van der Waals surface area contributed by atoms with Gasteiger partial charge in [-0.3, -0.25) is 15.1 Å². The van der Waals surface area contributed by atoms with E-state index in [1.54, 1.807) is 25.4 Å². The third-order valence-electron chi connectivity index (χ3n) is 1.29. The second-order valence-electron chi connectivity index (χ2n) is 2.20. The van der Waals surface area contributed by atoms with Crippen molar-refractivity contribution < 1.29 is 9.34 Å². The Balaban J connectivity index is 2.74. The molecule has 0 saturated heterocycles. The zero-order valence-electron chi connectivity index (χ0n) is 7.01. The van der Waals surface area contributed by atoms with Crippen LogP contribution < -0.4 is 0 Å². The normalized spacial score (nSPS) is 11.5. The van der Waals surface area contributed by atoms with Crippen LogP contribution in [-0.2, 0) is 0 Å². The number of hydrogen-bond donors (Lipinski definition) is 0. The first kappa shape index (κ1) is 9.18. The van der Waals surface area contributed by atoms with Crippen LogP contribution in [0.1, 0.15) is 5.76 Å². The lowest BCUT2D eigenvalue weighted by Gasteiger charge is -1.81. The van der Waals surface area contributed by atoms with Crippen molar-refractivity contribution in [2.24, 2.45) is 4.99 Å². The highest BCUT2D eigenvalue weighted by molar-refractivity contribution is 5.77. The van der Waals surface area contributed by atoms with Crippen LogP contribution >= 0.6 is 0 Å². The van der Waals surface area contributed by atoms with Crippen molar-refractivity contribution in [3.63, 3.8) is 0 Å². The number of nitrogens with zero attached hydrogens (tertiary/aromatic N) is 2. The lowest BCUT2D eigenvalue weighted by molar-refractivity contribution is -0.402. The van der Waals surface area contributed by atoms with Crippen LogP contribution in [0.25, 0.3) is 6.08 Å². The lowest BCUT2D eigenvalue weighted by Crippen LogP contribution is -1.82. The van der Waals surface area contributed by atoms with E-state index in [1.165, 1.54) is 12.1 Å². The Bertz CT molecular complexity index is 352. The number of rotatable bonds is 3. The van der Waals surface area contributed by atoms with Gasteiger partial charge < -0.3 is 4.42 Å². The van der Waals surface area contributed by atoms with E-state index in [1.807, 2.05) is 0 Å². The molecule has 1 rings (SSSR count). The van der Waals surface area contributed by atoms with E-state index in [4.69, 9.17) is 4.42 Å². The summed E-state index contributed by atoms with van der Waals surface area (Å²) in [5.41, 5.74) is 0. The standard InChI is InChI=1S/C8H8N2O3/c1-9-6-2-3-7-4-5-8(13-7)10(11)12/h2-6H,1H3/b3-2+,9-6?. The second-order valence-corrected chi connectivity index (χ2v) is 2.20. The van der Waals surface area contributed by atoms with Gasteiger partial charge >= 0.3 is 5.88 Å². The maximum atomic E-state index is 10.2. The third-order valence-corrected chi connectivity index (χ3v) is 1.29. The highest BCUT2D eigenvalue weighted by Crippen LogP contribution is 2.16. The summed E-state index contributed by atoms with van der Waals surface area (Å²) in [5, 5.41) is 10.2. The van der Waals surface area contributed by atoms with Crippen molar-refractivity contribution in [3.8, 4) is 0 Å². The quantitative estimate of drug-likeness (QED) is 0.405. The van der Waals surface area contributed by atoms with Gasteiger partial charge in [0.15, 0.2) is 0 Å². The molecule has 13 heavy (non-hydrogen) atoms. The Kier molecular flexibility index (Phi) is 2.97. The van der Waals surface area contributed by atoms with E-state index in [0.717, 1.165) is 0 Å². The number of allylic oxidation sites excluding steroid dienone is 1. The molecule has 0 spiro atoms. The average Bonchev–Trinajstić information content (AvgIpc) is 2.53. The van der Waals surface area contributed by atoms with Crippen molar-refractivity contribution in [2.75, 3.05) is 7.05 Å². The van der Waals surface area contributed by atoms with Crippen LogP contribution in [0.5, 0.6) is 0 Å². The summed E-state index contributed by atoms with van der Waals surface area (Å²) in [5.74, 6) is 0.180. The van der Waals surface area contributed by atoms with Gasteiger partial charge in [-0.15, -0.1) is 0 Å². The summed E-state index contributed by atoms with van der Waals surface area (Å²) in [4.78, 5) is 13.3. The minimum absolute atomic E-state index is 0.256. The molecule has 1 aromatic rings. The van der Waals surface area contributed by atoms with E-state index in [2.05, 4.69) is 4.99 Å². The second kappa shape index (κ2) is 4.20. The summed E-state index contributed by atoms with van der Waals surface area (Å²) in [6.45, 7) is 0. The molecule has 0 aromatic carbocycles. The molecule has 0 bridgehead atoms. The van der Waals surface area contributed by atoms with Gasteiger partial charge in [0.25, 0.3) is 0 Å². The molecule has 1 heterocycles. The molecule has 0 aliphatic carbocycles. The Morgan fingerprint density at radius 1 is 1.62 bits per heavy atom. The molecule has 0 saturated carbocycles. The Labute approximate surface area is 74.5 Å². The first-order valence-electron chi connectivity index (χ1n) is 3.57. The fourth-order valence-corrected chi connectivity index (χ4v) is 0.754. The highest BCUT2D eigenvalue weighted by Gasteiger charge is 2.09. The summed E-state index contributed by atoms with van der Waals surface area (Å²) >= 11 is 0. The Morgan fingerprint density at radius 3 is 2.92 bits per heavy atom. The minimum Gasteiger partial charge on any atom is -0.401 e. The number of nitro groups is 1. The molecule has 0 atom stereocenters. The number of aliphatic imine (C=N–C) groups is 1. The summed E-state index contributed by atoms with van der Waals surface area (Å²) in [6.07, 6.45) is 4.80. The van der Waals surface area contributed by atoms with E-state index in [9.17, 15) is 10.1 Å². The molecular weight excluding hydrogens is 172 g/mol. The lowest BCUT2D eigenvalue weighted by atomic mass is 10.4. The van der Waals surface area contributed by atoms with Crippen molar-refractivity contribution >= 4 is 18.2 Å². The largest absolute Gasteiger partial charge is 0.433 e. The molecule has 0 radical (unpaired) electrons. The smallest absolute Gasteiger partial charge is 0.401 e. The maximum Gasteiger partial charge on any atom is 0.433 e. The van der Waals surface area contributed by atoms with Gasteiger partial charge in [-0.05, 0) is 18.2 Å². The molecule has 5 heteroatoms. The van der Waals surface area contributed by atoms with Gasteiger partial charge in [0.1, 0.15) is 10.7 Å². The molecule has 0 aliphatic heterocycles. The van der Waals surface area contributed by atoms with Gasteiger partial charge in [0.2, 0.25) is 0 Å². The fourth-order valence-electron chi connectivity index (χ4n) is 0.754. The van der Waals surface area contributed by atoms with Crippen LogP contribution in [0.4, 0.5) is 5.88 Å². The van der Waals surface area contributed by atoms with Gasteiger partial charge in [-0.25, -0.2) is 0 Å². The van der Waals surface area contributed by atoms with Crippen LogP contribution in [0, 0.1) is 10.1 Å². The predicted octanol–water partition coefficient (Wildman–Crippen LogP) is 1.90. The van der Waals surface area contributed by atoms with E-state index in [0.29, 0.717) is 5.76 Å². The molecule has 0 unspecified atom stereocenters. The highest BCUT2D eigenvalue weighted by atomic mass is 16.6. The van der Waals surface area contributed by atoms with Crippen LogP contribution in [0.15, 0.2) is 27.6 Å². The van der Waals surface area contributed by atoms with Crippen molar-refractivity contribution in [3.05, 3.63) is 34.1 Å². The SMILES string of the molecule is CN=C/C=C/c1ccc([N+](=O)[O-])o1. The molecule has 5 nitrogen and oxygen atoms in total. The van der Waals surface area contributed by atoms with Gasteiger partial charge in [-0.2, -0.15) is 0 Å². The topological polar surface area (TPSA) is 68.6 Å². The van der Waals surface area contributed by atoms with E-state index < -0.39 is 4.92 Å². The molecule has 1 aromatic heterocycles. The molecule has 0 aliphatic rings. The maximum absolute atomic E-state index is 10.2. The average molecular weight is 180 g/mol.